The van der Waals surface area contributed by atoms with Crippen LogP contribution in [0.5, 0.6) is 0 Å². The minimum Gasteiger partial charge on any atom is -0.340 e. The summed E-state index contributed by atoms with van der Waals surface area (Å²) in [5.41, 5.74) is 2.15. The summed E-state index contributed by atoms with van der Waals surface area (Å²) in [6.45, 7) is 7.80. The fourth-order valence-corrected chi connectivity index (χ4v) is 2.72. The molecule has 0 aromatic carbocycles. The standard InChI is InChI=1S/C14H23N3O/c1-11-10-13(3)17(15-11)9-7-14(18)16-8-5-4-6-12(16)2/h10,12H,4-9H2,1-3H3. The molecule has 1 aromatic heterocycles. The van der Waals surface area contributed by atoms with Gasteiger partial charge in [-0.2, -0.15) is 5.10 Å². The first-order valence-corrected chi connectivity index (χ1v) is 6.88. The second-order valence-corrected chi connectivity index (χ2v) is 5.33. The van der Waals surface area contributed by atoms with Crippen LogP contribution in [0.1, 0.15) is 44.0 Å². The van der Waals surface area contributed by atoms with Crippen molar-refractivity contribution in [3.63, 3.8) is 0 Å². The van der Waals surface area contributed by atoms with E-state index in [0.717, 1.165) is 30.8 Å². The number of carbonyl (C=O) groups is 1. The summed E-state index contributed by atoms with van der Waals surface area (Å²) in [6, 6.07) is 2.46. The van der Waals surface area contributed by atoms with E-state index >= 15 is 0 Å². The third kappa shape index (κ3) is 2.92. The lowest BCUT2D eigenvalue weighted by Crippen LogP contribution is -2.42. The highest BCUT2D eigenvalue weighted by Gasteiger charge is 2.22. The predicted molar refractivity (Wildman–Crippen MR) is 71.3 cm³/mol. The maximum Gasteiger partial charge on any atom is 0.224 e. The number of amides is 1. The minimum absolute atomic E-state index is 0.273. The number of aryl methyl sites for hydroxylation is 3. The van der Waals surface area contributed by atoms with Crippen molar-refractivity contribution in [2.45, 2.75) is 59.0 Å². The van der Waals surface area contributed by atoms with Crippen LogP contribution in [0.15, 0.2) is 6.07 Å². The third-order valence-corrected chi connectivity index (χ3v) is 3.76. The van der Waals surface area contributed by atoms with E-state index in [1.54, 1.807) is 0 Å². The van der Waals surface area contributed by atoms with Crippen molar-refractivity contribution >= 4 is 5.91 Å². The van der Waals surface area contributed by atoms with E-state index in [0.29, 0.717) is 19.0 Å². The Balaban J connectivity index is 1.89. The summed E-state index contributed by atoms with van der Waals surface area (Å²) in [5.74, 6) is 0.273. The molecular weight excluding hydrogens is 226 g/mol. The van der Waals surface area contributed by atoms with Crippen LogP contribution in [0.4, 0.5) is 0 Å². The molecule has 2 rings (SSSR count). The highest BCUT2D eigenvalue weighted by atomic mass is 16.2. The number of rotatable bonds is 3. The van der Waals surface area contributed by atoms with E-state index in [-0.39, 0.29) is 5.91 Å². The summed E-state index contributed by atoms with van der Waals surface area (Å²) in [6.07, 6.45) is 4.11. The predicted octanol–water partition coefficient (Wildman–Crippen LogP) is 2.29. The molecule has 0 bridgehead atoms. The van der Waals surface area contributed by atoms with E-state index in [1.807, 2.05) is 29.5 Å². The Kier molecular flexibility index (Phi) is 4.04. The average Bonchev–Trinajstić information content (AvgIpc) is 2.65. The van der Waals surface area contributed by atoms with Crippen molar-refractivity contribution in [2.24, 2.45) is 0 Å². The van der Waals surface area contributed by atoms with Crippen LogP contribution in [-0.2, 0) is 11.3 Å². The van der Waals surface area contributed by atoms with Gasteiger partial charge < -0.3 is 4.90 Å². The van der Waals surface area contributed by atoms with Gasteiger partial charge in [0.25, 0.3) is 0 Å². The molecule has 1 aliphatic heterocycles. The van der Waals surface area contributed by atoms with Crippen molar-refractivity contribution in [3.05, 3.63) is 17.5 Å². The van der Waals surface area contributed by atoms with Crippen LogP contribution >= 0.6 is 0 Å². The molecule has 1 atom stereocenters. The van der Waals surface area contributed by atoms with Crippen molar-refractivity contribution in [2.75, 3.05) is 6.54 Å². The molecule has 1 fully saturated rings. The summed E-state index contributed by atoms with van der Waals surface area (Å²) in [4.78, 5) is 14.2. The van der Waals surface area contributed by atoms with E-state index in [1.165, 1.54) is 6.42 Å². The average molecular weight is 249 g/mol. The maximum atomic E-state index is 12.2. The molecule has 0 spiro atoms. The van der Waals surface area contributed by atoms with Crippen LogP contribution in [0.2, 0.25) is 0 Å². The molecular formula is C14H23N3O. The molecule has 2 heterocycles. The Morgan fingerprint density at radius 3 is 2.83 bits per heavy atom. The summed E-state index contributed by atoms with van der Waals surface area (Å²) < 4.78 is 1.93. The molecule has 0 aliphatic carbocycles. The van der Waals surface area contributed by atoms with Gasteiger partial charge in [0.1, 0.15) is 0 Å². The molecule has 0 radical (unpaired) electrons. The largest absolute Gasteiger partial charge is 0.340 e. The van der Waals surface area contributed by atoms with Gasteiger partial charge >= 0.3 is 0 Å². The molecule has 0 N–H and O–H groups in total. The van der Waals surface area contributed by atoms with Gasteiger partial charge in [0.2, 0.25) is 5.91 Å². The van der Waals surface area contributed by atoms with Crippen LogP contribution in [0.3, 0.4) is 0 Å². The normalized spacial score (nSPS) is 20.2. The van der Waals surface area contributed by atoms with Crippen molar-refractivity contribution in [3.8, 4) is 0 Å². The smallest absolute Gasteiger partial charge is 0.224 e. The van der Waals surface area contributed by atoms with Crippen molar-refractivity contribution < 1.29 is 4.79 Å². The molecule has 1 aliphatic rings. The van der Waals surface area contributed by atoms with Crippen LogP contribution < -0.4 is 0 Å². The molecule has 1 aromatic rings. The highest BCUT2D eigenvalue weighted by molar-refractivity contribution is 5.76. The van der Waals surface area contributed by atoms with Gasteiger partial charge in [-0.05, 0) is 46.1 Å². The van der Waals surface area contributed by atoms with E-state index in [2.05, 4.69) is 12.0 Å². The third-order valence-electron chi connectivity index (χ3n) is 3.76. The summed E-state index contributed by atoms with van der Waals surface area (Å²) in [7, 11) is 0. The first-order chi connectivity index (χ1) is 8.58. The summed E-state index contributed by atoms with van der Waals surface area (Å²) in [5, 5.41) is 4.39. The fourth-order valence-electron chi connectivity index (χ4n) is 2.72. The molecule has 1 saturated heterocycles. The van der Waals surface area contributed by atoms with E-state index in [4.69, 9.17) is 0 Å². The zero-order valence-corrected chi connectivity index (χ0v) is 11.6. The molecule has 1 unspecified atom stereocenters. The van der Waals surface area contributed by atoms with Gasteiger partial charge in [-0.1, -0.05) is 0 Å². The molecule has 100 valence electrons. The highest BCUT2D eigenvalue weighted by Crippen LogP contribution is 2.17. The maximum absolute atomic E-state index is 12.2. The summed E-state index contributed by atoms with van der Waals surface area (Å²) >= 11 is 0. The Labute approximate surface area is 109 Å². The van der Waals surface area contributed by atoms with Gasteiger partial charge in [-0.15, -0.1) is 0 Å². The van der Waals surface area contributed by atoms with Gasteiger partial charge in [0, 0.05) is 31.2 Å². The van der Waals surface area contributed by atoms with E-state index in [9.17, 15) is 4.79 Å². The molecule has 4 nitrogen and oxygen atoms in total. The first-order valence-electron chi connectivity index (χ1n) is 6.88. The van der Waals surface area contributed by atoms with Gasteiger partial charge in [-0.25, -0.2) is 0 Å². The SMILES string of the molecule is Cc1cc(C)n(CCC(=O)N2CCCCC2C)n1. The van der Waals surface area contributed by atoms with Crippen molar-refractivity contribution in [1.82, 2.24) is 14.7 Å². The van der Waals surface area contributed by atoms with Gasteiger partial charge in [0.05, 0.1) is 5.69 Å². The molecule has 0 saturated carbocycles. The lowest BCUT2D eigenvalue weighted by atomic mass is 10.0. The van der Waals surface area contributed by atoms with Crippen molar-refractivity contribution in [1.29, 1.82) is 0 Å². The van der Waals surface area contributed by atoms with Gasteiger partial charge in [-0.3, -0.25) is 9.48 Å². The lowest BCUT2D eigenvalue weighted by Gasteiger charge is -2.33. The van der Waals surface area contributed by atoms with Crippen LogP contribution in [-0.4, -0.2) is 33.2 Å². The fraction of sp³-hybridized carbons (Fsp3) is 0.714. The number of nitrogens with zero attached hydrogens (tertiary/aromatic N) is 3. The number of carbonyl (C=O) groups excluding carboxylic acids is 1. The Bertz CT molecular complexity index is 425. The van der Waals surface area contributed by atoms with Crippen LogP contribution in [0.25, 0.3) is 0 Å². The number of piperidine rings is 1. The quantitative estimate of drug-likeness (QED) is 0.824. The molecule has 1 amide bonds. The number of hydrogen-bond acceptors (Lipinski definition) is 2. The number of likely N-dealkylation sites (tertiary alicyclic amines) is 1. The van der Waals surface area contributed by atoms with Gasteiger partial charge in [0.15, 0.2) is 0 Å². The Hall–Kier alpha value is -1.32. The second kappa shape index (κ2) is 5.55. The monoisotopic (exact) mass is 249 g/mol. The number of aromatic nitrogens is 2. The Morgan fingerprint density at radius 2 is 2.22 bits per heavy atom. The van der Waals surface area contributed by atoms with Crippen LogP contribution in [0, 0.1) is 13.8 Å². The first kappa shape index (κ1) is 13.1. The number of hydrogen-bond donors (Lipinski definition) is 0. The second-order valence-electron chi connectivity index (χ2n) is 5.33. The zero-order valence-electron chi connectivity index (χ0n) is 11.6. The van der Waals surface area contributed by atoms with E-state index < -0.39 is 0 Å². The lowest BCUT2D eigenvalue weighted by molar-refractivity contribution is -0.134. The topological polar surface area (TPSA) is 38.1 Å². The molecule has 4 heteroatoms. The Morgan fingerprint density at radius 1 is 1.44 bits per heavy atom. The zero-order chi connectivity index (χ0) is 13.1. The molecule has 18 heavy (non-hydrogen) atoms. The minimum atomic E-state index is 0.273.